The van der Waals surface area contributed by atoms with Crippen LogP contribution in [0.5, 0.6) is 5.75 Å². The molecular formula is C23H38N6O. The summed E-state index contributed by atoms with van der Waals surface area (Å²) < 4.78 is 7.74. The number of guanidine groups is 1. The van der Waals surface area contributed by atoms with E-state index in [1.54, 1.807) is 7.05 Å². The second kappa shape index (κ2) is 11.6. The summed E-state index contributed by atoms with van der Waals surface area (Å²) in [7, 11) is 7.94. The highest BCUT2D eigenvalue weighted by Gasteiger charge is 2.14. The second-order valence-corrected chi connectivity index (χ2v) is 8.10. The Balaban J connectivity index is 1.79. The Labute approximate surface area is 181 Å². The molecule has 2 N–H and O–H groups in total. The van der Waals surface area contributed by atoms with Crippen molar-refractivity contribution in [1.82, 2.24) is 25.3 Å². The molecule has 166 valence electrons. The van der Waals surface area contributed by atoms with E-state index in [0.717, 1.165) is 43.4 Å². The maximum Gasteiger partial charge on any atom is 0.191 e. The van der Waals surface area contributed by atoms with Gasteiger partial charge in [-0.1, -0.05) is 12.1 Å². The highest BCUT2D eigenvalue weighted by molar-refractivity contribution is 5.79. The molecule has 1 unspecified atom stereocenters. The number of hydrogen-bond acceptors (Lipinski definition) is 4. The number of benzene rings is 1. The van der Waals surface area contributed by atoms with E-state index in [2.05, 4.69) is 72.6 Å². The van der Waals surface area contributed by atoms with Crippen LogP contribution in [0, 0.1) is 13.8 Å². The Bertz CT molecular complexity index is 810. The van der Waals surface area contributed by atoms with Crippen LogP contribution in [0.15, 0.2) is 29.3 Å². The van der Waals surface area contributed by atoms with E-state index in [4.69, 9.17) is 4.74 Å². The Hall–Kier alpha value is -2.54. The van der Waals surface area contributed by atoms with Crippen molar-refractivity contribution in [2.75, 3.05) is 34.3 Å². The molecule has 30 heavy (non-hydrogen) atoms. The van der Waals surface area contributed by atoms with E-state index in [0.29, 0.717) is 6.54 Å². The topological polar surface area (TPSA) is 66.7 Å². The van der Waals surface area contributed by atoms with Gasteiger partial charge in [0.2, 0.25) is 0 Å². The quantitative estimate of drug-likeness (QED) is 0.355. The van der Waals surface area contributed by atoms with Gasteiger partial charge in [-0.2, -0.15) is 5.10 Å². The van der Waals surface area contributed by atoms with E-state index < -0.39 is 0 Å². The van der Waals surface area contributed by atoms with Gasteiger partial charge in [-0.05, 0) is 71.0 Å². The van der Waals surface area contributed by atoms with Crippen LogP contribution in [-0.4, -0.2) is 61.0 Å². The third kappa shape index (κ3) is 7.37. The van der Waals surface area contributed by atoms with E-state index in [1.165, 1.54) is 16.8 Å². The fourth-order valence-corrected chi connectivity index (χ4v) is 3.36. The Kier molecular flexibility index (Phi) is 9.17. The molecule has 0 amide bonds. The maximum absolute atomic E-state index is 5.80. The van der Waals surface area contributed by atoms with Gasteiger partial charge in [-0.15, -0.1) is 0 Å². The standard InChI is InChI=1S/C23H38N6O/c1-17(15-22-18(2)27-29(7)19(22)3)26-23(24-4)25-16-20-9-11-21(12-10-20)30-14-8-13-28(5)6/h9-12,17H,8,13-16H2,1-7H3,(H2,24,25,26). The predicted octanol–water partition coefficient (Wildman–Crippen LogP) is 2.66. The molecule has 1 aromatic heterocycles. The third-order valence-corrected chi connectivity index (χ3v) is 5.18. The molecule has 1 aromatic carbocycles. The third-order valence-electron chi connectivity index (χ3n) is 5.18. The van der Waals surface area contributed by atoms with Crippen LogP contribution in [0.1, 0.15) is 35.9 Å². The molecule has 0 bridgehead atoms. The normalized spacial score (nSPS) is 12.9. The Morgan fingerprint density at radius 3 is 2.50 bits per heavy atom. The molecule has 1 atom stereocenters. The van der Waals surface area contributed by atoms with Crippen LogP contribution >= 0.6 is 0 Å². The number of hydrogen-bond donors (Lipinski definition) is 2. The van der Waals surface area contributed by atoms with Crippen molar-refractivity contribution in [2.45, 2.75) is 46.2 Å². The van der Waals surface area contributed by atoms with Crippen LogP contribution < -0.4 is 15.4 Å². The average molecular weight is 415 g/mol. The predicted molar refractivity (Wildman–Crippen MR) is 124 cm³/mol. The van der Waals surface area contributed by atoms with Crippen molar-refractivity contribution >= 4 is 5.96 Å². The molecule has 2 aromatic rings. The van der Waals surface area contributed by atoms with Crippen molar-refractivity contribution in [3.05, 3.63) is 46.8 Å². The van der Waals surface area contributed by atoms with Crippen LogP contribution in [-0.2, 0) is 20.0 Å². The molecule has 0 saturated carbocycles. The smallest absolute Gasteiger partial charge is 0.191 e. The summed E-state index contributed by atoms with van der Waals surface area (Å²) in [5.74, 6) is 1.71. The number of aromatic nitrogens is 2. The Morgan fingerprint density at radius 2 is 1.93 bits per heavy atom. The summed E-state index contributed by atoms with van der Waals surface area (Å²) in [5, 5.41) is 11.4. The summed E-state index contributed by atoms with van der Waals surface area (Å²) >= 11 is 0. The fraction of sp³-hybridized carbons (Fsp3) is 0.565. The molecule has 0 saturated heterocycles. The second-order valence-electron chi connectivity index (χ2n) is 8.10. The van der Waals surface area contributed by atoms with Gasteiger partial charge >= 0.3 is 0 Å². The first-order chi connectivity index (χ1) is 14.3. The molecule has 0 aliphatic carbocycles. The van der Waals surface area contributed by atoms with E-state index in [-0.39, 0.29) is 6.04 Å². The van der Waals surface area contributed by atoms with Crippen LogP contribution in [0.4, 0.5) is 0 Å². The van der Waals surface area contributed by atoms with Crippen molar-refractivity contribution in [3.63, 3.8) is 0 Å². The summed E-state index contributed by atoms with van der Waals surface area (Å²) in [6.07, 6.45) is 1.93. The van der Waals surface area contributed by atoms with E-state index in [1.807, 2.05) is 23.9 Å². The molecule has 7 heteroatoms. The minimum absolute atomic E-state index is 0.246. The zero-order valence-electron chi connectivity index (χ0n) is 19.6. The largest absolute Gasteiger partial charge is 0.494 e. The van der Waals surface area contributed by atoms with Crippen LogP contribution in [0.25, 0.3) is 0 Å². The zero-order chi connectivity index (χ0) is 22.1. The van der Waals surface area contributed by atoms with Crippen LogP contribution in [0.2, 0.25) is 0 Å². The SMILES string of the molecule is CN=C(NCc1ccc(OCCCN(C)C)cc1)NC(C)Cc1c(C)nn(C)c1C. The lowest BCUT2D eigenvalue weighted by molar-refractivity contribution is 0.281. The van der Waals surface area contributed by atoms with Gasteiger partial charge in [0.25, 0.3) is 0 Å². The molecule has 0 aliphatic rings. The van der Waals surface area contributed by atoms with E-state index in [9.17, 15) is 0 Å². The first-order valence-corrected chi connectivity index (χ1v) is 10.6. The van der Waals surface area contributed by atoms with Gasteiger partial charge < -0.3 is 20.3 Å². The first-order valence-electron chi connectivity index (χ1n) is 10.6. The number of nitrogens with zero attached hydrogens (tertiary/aromatic N) is 4. The van der Waals surface area contributed by atoms with Gasteiger partial charge in [0.15, 0.2) is 5.96 Å². The number of aliphatic imine (C=N–C) groups is 1. The molecular weight excluding hydrogens is 376 g/mol. The number of rotatable bonds is 10. The number of nitrogens with one attached hydrogen (secondary N) is 2. The lowest BCUT2D eigenvalue weighted by Crippen LogP contribution is -2.42. The molecule has 7 nitrogen and oxygen atoms in total. The lowest BCUT2D eigenvalue weighted by Gasteiger charge is -2.18. The minimum atomic E-state index is 0.246. The van der Waals surface area contributed by atoms with Crippen molar-refractivity contribution in [2.24, 2.45) is 12.0 Å². The summed E-state index contributed by atoms with van der Waals surface area (Å²) in [4.78, 5) is 6.53. The molecule has 0 fully saturated rings. The molecule has 0 radical (unpaired) electrons. The molecule has 2 rings (SSSR count). The van der Waals surface area contributed by atoms with Gasteiger partial charge in [-0.25, -0.2) is 0 Å². The van der Waals surface area contributed by atoms with Crippen molar-refractivity contribution < 1.29 is 4.74 Å². The fourth-order valence-electron chi connectivity index (χ4n) is 3.36. The molecule has 0 spiro atoms. The minimum Gasteiger partial charge on any atom is -0.494 e. The van der Waals surface area contributed by atoms with Gasteiger partial charge in [0, 0.05) is 38.9 Å². The Morgan fingerprint density at radius 1 is 1.23 bits per heavy atom. The lowest BCUT2D eigenvalue weighted by atomic mass is 10.1. The molecule has 1 heterocycles. The maximum atomic E-state index is 5.80. The first kappa shape index (κ1) is 23.7. The van der Waals surface area contributed by atoms with Gasteiger partial charge in [0.05, 0.1) is 12.3 Å². The highest BCUT2D eigenvalue weighted by atomic mass is 16.5. The number of ether oxygens (including phenoxy) is 1. The van der Waals surface area contributed by atoms with E-state index >= 15 is 0 Å². The number of aryl methyl sites for hydroxylation is 2. The van der Waals surface area contributed by atoms with Gasteiger partial charge in [0.1, 0.15) is 5.75 Å². The summed E-state index contributed by atoms with van der Waals surface area (Å²) in [6.45, 7) is 8.83. The van der Waals surface area contributed by atoms with Crippen molar-refractivity contribution in [1.29, 1.82) is 0 Å². The monoisotopic (exact) mass is 414 g/mol. The highest BCUT2D eigenvalue weighted by Crippen LogP contribution is 2.14. The van der Waals surface area contributed by atoms with Crippen molar-refractivity contribution in [3.8, 4) is 5.75 Å². The van der Waals surface area contributed by atoms with Gasteiger partial charge in [-0.3, -0.25) is 9.67 Å². The zero-order valence-corrected chi connectivity index (χ0v) is 19.6. The van der Waals surface area contributed by atoms with Crippen LogP contribution in [0.3, 0.4) is 0 Å². The average Bonchev–Trinajstić information content (AvgIpc) is 2.95. The summed E-state index contributed by atoms with van der Waals surface area (Å²) in [6, 6.07) is 8.48. The summed E-state index contributed by atoms with van der Waals surface area (Å²) in [5.41, 5.74) is 4.79. The molecule has 0 aliphatic heterocycles.